The highest BCUT2D eigenvalue weighted by molar-refractivity contribution is 5.96. The molecule has 0 unspecified atom stereocenters. The van der Waals surface area contributed by atoms with Crippen molar-refractivity contribution in [1.29, 1.82) is 0 Å². The van der Waals surface area contributed by atoms with Gasteiger partial charge in [-0.25, -0.2) is 0 Å². The van der Waals surface area contributed by atoms with Crippen molar-refractivity contribution >= 4 is 16.7 Å². The van der Waals surface area contributed by atoms with E-state index in [0.29, 0.717) is 31.1 Å². The molecule has 0 heterocycles. The fraction of sp³-hybridized carbons (Fsp3) is 0.190. The van der Waals surface area contributed by atoms with Crippen LogP contribution in [0.4, 0.5) is 0 Å². The van der Waals surface area contributed by atoms with Gasteiger partial charge in [-0.05, 0) is 30.5 Å². The Kier molecular flexibility index (Phi) is 5.52. The highest BCUT2D eigenvalue weighted by atomic mass is 16.5. The van der Waals surface area contributed by atoms with Gasteiger partial charge in [0.25, 0.3) is 5.91 Å². The van der Waals surface area contributed by atoms with Crippen LogP contribution in [0.5, 0.6) is 11.5 Å². The van der Waals surface area contributed by atoms with Crippen molar-refractivity contribution in [2.45, 2.75) is 6.92 Å². The molecule has 0 aromatic heterocycles. The largest absolute Gasteiger partial charge is 0.493 e. The van der Waals surface area contributed by atoms with Crippen LogP contribution in [0.3, 0.4) is 0 Å². The van der Waals surface area contributed by atoms with Gasteiger partial charge in [-0.3, -0.25) is 4.79 Å². The Hall–Kier alpha value is -3.01. The molecule has 0 aliphatic rings. The van der Waals surface area contributed by atoms with Gasteiger partial charge in [0.2, 0.25) is 0 Å². The fourth-order valence-corrected chi connectivity index (χ4v) is 2.68. The van der Waals surface area contributed by atoms with Crippen molar-refractivity contribution in [3.8, 4) is 11.5 Å². The van der Waals surface area contributed by atoms with E-state index in [9.17, 15) is 4.79 Å². The van der Waals surface area contributed by atoms with E-state index < -0.39 is 0 Å². The molecule has 0 aliphatic carbocycles. The summed E-state index contributed by atoms with van der Waals surface area (Å²) in [5.41, 5.74) is 0.537. The SMILES string of the molecule is CCOc1ccccc1C(=O)NCCOc1cccc2ccccc12. The number of carbonyl (C=O) groups is 1. The quantitative estimate of drug-likeness (QED) is 0.663. The number of hydrogen-bond acceptors (Lipinski definition) is 3. The molecule has 0 spiro atoms. The van der Waals surface area contributed by atoms with Gasteiger partial charge in [-0.15, -0.1) is 0 Å². The van der Waals surface area contributed by atoms with Crippen molar-refractivity contribution in [3.63, 3.8) is 0 Å². The molecule has 0 radical (unpaired) electrons. The first kappa shape index (κ1) is 16.8. The van der Waals surface area contributed by atoms with Gasteiger partial charge in [-0.1, -0.05) is 48.5 Å². The van der Waals surface area contributed by atoms with Crippen molar-refractivity contribution in [2.24, 2.45) is 0 Å². The summed E-state index contributed by atoms with van der Waals surface area (Å²) in [6.45, 7) is 3.24. The summed E-state index contributed by atoms with van der Waals surface area (Å²) in [7, 11) is 0. The standard InChI is InChI=1S/C21H21NO3/c1-2-24-20-12-6-5-11-18(20)21(23)22-14-15-25-19-13-7-9-16-8-3-4-10-17(16)19/h3-13H,2,14-15H2,1H3,(H,22,23). The Morgan fingerprint density at radius 1 is 0.880 bits per heavy atom. The van der Waals surface area contributed by atoms with Crippen LogP contribution in [0.15, 0.2) is 66.7 Å². The second-order valence-corrected chi connectivity index (χ2v) is 5.51. The minimum atomic E-state index is -0.162. The molecule has 3 aromatic carbocycles. The van der Waals surface area contributed by atoms with Crippen molar-refractivity contribution in [2.75, 3.05) is 19.8 Å². The summed E-state index contributed by atoms with van der Waals surface area (Å²) in [5, 5.41) is 5.07. The smallest absolute Gasteiger partial charge is 0.255 e. The summed E-state index contributed by atoms with van der Waals surface area (Å²) in [6, 6.07) is 21.3. The molecule has 25 heavy (non-hydrogen) atoms. The molecule has 1 amide bonds. The highest BCUT2D eigenvalue weighted by Gasteiger charge is 2.11. The Morgan fingerprint density at radius 2 is 1.60 bits per heavy atom. The molecule has 0 saturated carbocycles. The van der Waals surface area contributed by atoms with Crippen LogP contribution in [0, 0.1) is 0 Å². The molecule has 0 bridgehead atoms. The van der Waals surface area contributed by atoms with E-state index in [4.69, 9.17) is 9.47 Å². The normalized spacial score (nSPS) is 10.4. The van der Waals surface area contributed by atoms with Crippen LogP contribution in [0.2, 0.25) is 0 Å². The number of para-hydroxylation sites is 1. The number of rotatable bonds is 7. The summed E-state index contributed by atoms with van der Waals surface area (Å²) in [6.07, 6.45) is 0. The lowest BCUT2D eigenvalue weighted by molar-refractivity contribution is 0.0943. The van der Waals surface area contributed by atoms with Crippen molar-refractivity contribution in [3.05, 3.63) is 72.3 Å². The molecule has 0 saturated heterocycles. The topological polar surface area (TPSA) is 47.6 Å². The molecule has 128 valence electrons. The molecule has 3 rings (SSSR count). The summed E-state index contributed by atoms with van der Waals surface area (Å²) in [4.78, 5) is 12.3. The Labute approximate surface area is 147 Å². The summed E-state index contributed by atoms with van der Waals surface area (Å²) in [5.74, 6) is 1.25. The van der Waals surface area contributed by atoms with Gasteiger partial charge >= 0.3 is 0 Å². The third-order valence-corrected chi connectivity index (χ3v) is 3.83. The van der Waals surface area contributed by atoms with Crippen LogP contribution in [-0.4, -0.2) is 25.7 Å². The highest BCUT2D eigenvalue weighted by Crippen LogP contribution is 2.25. The summed E-state index contributed by atoms with van der Waals surface area (Å²) < 4.78 is 11.3. The molecular formula is C21H21NO3. The molecular weight excluding hydrogens is 314 g/mol. The van der Waals surface area contributed by atoms with E-state index in [1.165, 1.54) is 0 Å². The average Bonchev–Trinajstić information content (AvgIpc) is 2.66. The number of carbonyl (C=O) groups excluding carboxylic acids is 1. The van der Waals surface area contributed by atoms with Gasteiger partial charge in [0.05, 0.1) is 18.7 Å². The van der Waals surface area contributed by atoms with E-state index >= 15 is 0 Å². The van der Waals surface area contributed by atoms with Crippen LogP contribution in [-0.2, 0) is 0 Å². The van der Waals surface area contributed by atoms with E-state index in [1.807, 2.05) is 49.4 Å². The lowest BCUT2D eigenvalue weighted by Gasteiger charge is -2.12. The molecule has 4 nitrogen and oxygen atoms in total. The van der Waals surface area contributed by atoms with Gasteiger partial charge in [0, 0.05) is 5.39 Å². The summed E-state index contributed by atoms with van der Waals surface area (Å²) >= 11 is 0. The monoisotopic (exact) mass is 335 g/mol. The van der Waals surface area contributed by atoms with Gasteiger partial charge in [0.1, 0.15) is 18.1 Å². The molecule has 4 heteroatoms. The number of nitrogens with one attached hydrogen (secondary N) is 1. The average molecular weight is 335 g/mol. The minimum absolute atomic E-state index is 0.162. The zero-order chi connectivity index (χ0) is 17.5. The van der Waals surface area contributed by atoms with Gasteiger partial charge in [0.15, 0.2) is 0 Å². The molecule has 0 fully saturated rings. The lowest BCUT2D eigenvalue weighted by Crippen LogP contribution is -2.28. The van der Waals surface area contributed by atoms with Crippen molar-refractivity contribution in [1.82, 2.24) is 5.32 Å². The van der Waals surface area contributed by atoms with Crippen LogP contribution in [0.1, 0.15) is 17.3 Å². The van der Waals surface area contributed by atoms with Crippen molar-refractivity contribution < 1.29 is 14.3 Å². The molecule has 3 aromatic rings. The van der Waals surface area contributed by atoms with Crippen LogP contribution >= 0.6 is 0 Å². The van der Waals surface area contributed by atoms with Gasteiger partial charge < -0.3 is 14.8 Å². The minimum Gasteiger partial charge on any atom is -0.493 e. The third-order valence-electron chi connectivity index (χ3n) is 3.83. The van der Waals surface area contributed by atoms with E-state index in [2.05, 4.69) is 17.4 Å². The number of hydrogen-bond donors (Lipinski definition) is 1. The zero-order valence-corrected chi connectivity index (χ0v) is 14.2. The Bertz CT molecular complexity index is 855. The first-order chi connectivity index (χ1) is 12.3. The predicted octanol–water partition coefficient (Wildman–Crippen LogP) is 4.05. The zero-order valence-electron chi connectivity index (χ0n) is 14.2. The molecule has 1 N–H and O–H groups in total. The maximum absolute atomic E-state index is 12.3. The van der Waals surface area contributed by atoms with E-state index in [1.54, 1.807) is 12.1 Å². The number of benzene rings is 3. The molecule has 0 aliphatic heterocycles. The van der Waals surface area contributed by atoms with E-state index in [-0.39, 0.29) is 5.91 Å². The van der Waals surface area contributed by atoms with Gasteiger partial charge in [-0.2, -0.15) is 0 Å². The van der Waals surface area contributed by atoms with Crippen LogP contribution in [0.25, 0.3) is 10.8 Å². The maximum Gasteiger partial charge on any atom is 0.255 e. The fourth-order valence-electron chi connectivity index (χ4n) is 2.68. The first-order valence-corrected chi connectivity index (χ1v) is 8.40. The number of fused-ring (bicyclic) bond motifs is 1. The lowest BCUT2D eigenvalue weighted by atomic mass is 10.1. The Morgan fingerprint density at radius 3 is 2.48 bits per heavy atom. The molecule has 0 atom stereocenters. The second kappa shape index (κ2) is 8.20. The second-order valence-electron chi connectivity index (χ2n) is 5.51. The third kappa shape index (κ3) is 4.10. The first-order valence-electron chi connectivity index (χ1n) is 8.40. The maximum atomic E-state index is 12.3. The Balaban J connectivity index is 1.57. The number of ether oxygens (including phenoxy) is 2. The van der Waals surface area contributed by atoms with E-state index in [0.717, 1.165) is 16.5 Å². The predicted molar refractivity (Wildman–Crippen MR) is 99.4 cm³/mol. The number of amides is 1. The van der Waals surface area contributed by atoms with Crippen LogP contribution < -0.4 is 14.8 Å².